The monoisotopic (exact) mass is 495 g/mol. The van der Waals surface area contributed by atoms with Crippen molar-refractivity contribution in [2.45, 2.75) is 19.4 Å². The fourth-order valence-corrected chi connectivity index (χ4v) is 3.19. The smallest absolute Gasteiger partial charge is 0.241 e. The van der Waals surface area contributed by atoms with Crippen molar-refractivity contribution in [3.05, 3.63) is 70.3 Å². The zero-order valence-corrected chi connectivity index (χ0v) is 18.7. The van der Waals surface area contributed by atoms with Gasteiger partial charge in [0.25, 0.3) is 0 Å². The first-order valence-corrected chi connectivity index (χ1v) is 10.5. The summed E-state index contributed by atoms with van der Waals surface area (Å²) in [7, 11) is 0. The molecule has 1 aromatic heterocycles. The Balaban J connectivity index is 1.76. The molecule has 2 aromatic carbocycles. The van der Waals surface area contributed by atoms with Gasteiger partial charge >= 0.3 is 0 Å². The number of nitrogens with zero attached hydrogens (tertiary/aromatic N) is 3. The predicted molar refractivity (Wildman–Crippen MR) is 126 cm³/mol. The molecule has 1 heterocycles. The molecule has 4 N–H and O–H groups in total. The van der Waals surface area contributed by atoms with E-state index in [4.69, 9.17) is 17.0 Å². The molecule has 1 amide bonds. The van der Waals surface area contributed by atoms with Crippen LogP contribution in [0, 0.1) is 12.3 Å². The van der Waals surface area contributed by atoms with Crippen molar-refractivity contribution >= 4 is 39.2 Å². The highest BCUT2D eigenvalue weighted by Gasteiger charge is 2.15. The number of benzene rings is 2. The third-order valence-corrected chi connectivity index (χ3v) is 4.98. The van der Waals surface area contributed by atoms with Gasteiger partial charge in [-0.1, -0.05) is 36.3 Å². The molecule has 3 rings (SSSR count). The molecule has 0 aliphatic rings. The molecule has 164 valence electrons. The first kappa shape index (κ1) is 23.2. The predicted octanol–water partition coefficient (Wildman–Crippen LogP) is 3.33. The van der Waals surface area contributed by atoms with Crippen LogP contribution in [-0.2, 0) is 17.8 Å². The number of nitrogens with one attached hydrogen (secondary N) is 1. The Bertz CT molecular complexity index is 1120. The number of aliphatic hydroxyl groups is 1. The average molecular weight is 496 g/mol. The number of aromatic nitrogens is 2. The number of nitrogens with two attached hydrogens (primary N) is 1. The lowest BCUT2D eigenvalue weighted by Gasteiger charge is -2.19. The van der Waals surface area contributed by atoms with E-state index in [0.717, 1.165) is 10.6 Å². The summed E-state index contributed by atoms with van der Waals surface area (Å²) in [5.41, 5.74) is 2.59. The van der Waals surface area contributed by atoms with E-state index in [1.54, 1.807) is 18.2 Å². The second-order valence-electron chi connectivity index (χ2n) is 6.76. The maximum atomic E-state index is 12.6. The van der Waals surface area contributed by atoms with E-state index in [9.17, 15) is 9.90 Å². The zero-order chi connectivity index (χ0) is 22.9. The molecule has 0 fully saturated rings. The van der Waals surface area contributed by atoms with E-state index in [2.05, 4.69) is 37.1 Å². The van der Waals surface area contributed by atoms with Crippen LogP contribution in [0.15, 0.2) is 59.2 Å². The largest absolute Gasteiger partial charge is 0.464 e. The van der Waals surface area contributed by atoms with E-state index in [-0.39, 0.29) is 37.4 Å². The molecule has 3 aromatic rings. The van der Waals surface area contributed by atoms with Crippen molar-refractivity contribution < 1.29 is 14.6 Å². The van der Waals surface area contributed by atoms with Crippen LogP contribution in [0.2, 0.25) is 0 Å². The van der Waals surface area contributed by atoms with Gasteiger partial charge in [-0.05, 0) is 51.7 Å². The number of amides is 1. The second-order valence-corrected chi connectivity index (χ2v) is 7.61. The minimum atomic E-state index is -0.250. The Labute approximate surface area is 194 Å². The van der Waals surface area contributed by atoms with Crippen LogP contribution in [0.25, 0.3) is 0 Å². The number of hydrogen-bond donors (Lipinski definition) is 3. The summed E-state index contributed by atoms with van der Waals surface area (Å²) in [5, 5.41) is 13.8. The number of ether oxygens (including phenoxy) is 1. The number of aryl methyl sites for hydroxylation is 1. The van der Waals surface area contributed by atoms with Gasteiger partial charge in [-0.15, -0.1) is 6.42 Å². The summed E-state index contributed by atoms with van der Waals surface area (Å²) in [6.07, 6.45) is 7.58. The fourth-order valence-electron chi connectivity index (χ4n) is 2.89. The number of rotatable bonds is 9. The Morgan fingerprint density at radius 1 is 1.25 bits per heavy atom. The van der Waals surface area contributed by atoms with E-state index in [0.29, 0.717) is 27.8 Å². The SMILES string of the molecule is C#CCOc1nc(Nc2cc(CO)cc(N(N)C(=O)CCc3ccccc3)c2)ncc1Br. The molecule has 0 bridgehead atoms. The number of anilines is 3. The van der Waals surface area contributed by atoms with Gasteiger partial charge in [0.2, 0.25) is 17.7 Å². The summed E-state index contributed by atoms with van der Waals surface area (Å²) < 4.78 is 5.93. The van der Waals surface area contributed by atoms with Crippen LogP contribution in [0.3, 0.4) is 0 Å². The molecule has 0 aliphatic heterocycles. The molecular weight excluding hydrogens is 474 g/mol. The Morgan fingerprint density at radius 2 is 2.03 bits per heavy atom. The Hall–Kier alpha value is -3.45. The zero-order valence-electron chi connectivity index (χ0n) is 17.2. The van der Waals surface area contributed by atoms with Crippen LogP contribution in [-0.4, -0.2) is 27.6 Å². The minimum Gasteiger partial charge on any atom is -0.464 e. The van der Waals surface area contributed by atoms with Crippen molar-refractivity contribution in [3.63, 3.8) is 0 Å². The summed E-state index contributed by atoms with van der Waals surface area (Å²) in [6.45, 7) is -0.168. The minimum absolute atomic E-state index is 0.0619. The maximum absolute atomic E-state index is 12.6. The molecule has 0 atom stereocenters. The number of terminal acetylenes is 1. The summed E-state index contributed by atoms with van der Waals surface area (Å²) in [5.74, 6) is 8.75. The van der Waals surface area contributed by atoms with Gasteiger partial charge in [-0.25, -0.2) is 15.8 Å². The van der Waals surface area contributed by atoms with Crippen LogP contribution in [0.5, 0.6) is 5.88 Å². The average Bonchev–Trinajstić information content (AvgIpc) is 2.82. The van der Waals surface area contributed by atoms with Gasteiger partial charge in [0.1, 0.15) is 0 Å². The van der Waals surface area contributed by atoms with E-state index < -0.39 is 0 Å². The third-order valence-electron chi connectivity index (χ3n) is 4.44. The van der Waals surface area contributed by atoms with Gasteiger partial charge in [0.05, 0.1) is 23.0 Å². The van der Waals surface area contributed by atoms with E-state index in [1.165, 1.54) is 6.20 Å². The molecule has 0 saturated heterocycles. The normalized spacial score (nSPS) is 10.3. The van der Waals surface area contributed by atoms with Crippen LogP contribution in [0.4, 0.5) is 17.3 Å². The molecule has 0 unspecified atom stereocenters. The topological polar surface area (TPSA) is 114 Å². The lowest BCUT2D eigenvalue weighted by molar-refractivity contribution is -0.118. The molecule has 0 radical (unpaired) electrons. The highest BCUT2D eigenvalue weighted by molar-refractivity contribution is 9.10. The van der Waals surface area contributed by atoms with Crippen molar-refractivity contribution in [3.8, 4) is 18.2 Å². The van der Waals surface area contributed by atoms with E-state index >= 15 is 0 Å². The standard InChI is InChI=1S/C23H22BrN5O3/c1-2-10-32-22-20(24)14-26-23(28-22)27-18-11-17(15-30)12-19(13-18)29(25)21(31)9-8-16-6-4-3-5-7-16/h1,3-7,11-14,30H,8-10,15,25H2,(H,26,27,28). The van der Waals surface area contributed by atoms with Crippen molar-refractivity contribution in [1.29, 1.82) is 0 Å². The molecule has 8 nitrogen and oxygen atoms in total. The first-order valence-electron chi connectivity index (χ1n) is 9.72. The molecule has 0 saturated carbocycles. The molecule has 9 heteroatoms. The maximum Gasteiger partial charge on any atom is 0.241 e. The Kier molecular flexibility index (Phi) is 8.16. The number of carbonyl (C=O) groups excluding carboxylic acids is 1. The molecular formula is C23H22BrN5O3. The molecule has 0 spiro atoms. The van der Waals surface area contributed by atoms with Crippen LogP contribution < -0.4 is 20.9 Å². The lowest BCUT2D eigenvalue weighted by atomic mass is 10.1. The second kappa shape index (κ2) is 11.2. The van der Waals surface area contributed by atoms with Gasteiger partial charge < -0.3 is 15.2 Å². The molecule has 0 aliphatic carbocycles. The van der Waals surface area contributed by atoms with Gasteiger partial charge in [-0.2, -0.15) is 4.98 Å². The van der Waals surface area contributed by atoms with Crippen LogP contribution >= 0.6 is 15.9 Å². The highest BCUT2D eigenvalue weighted by atomic mass is 79.9. The quantitative estimate of drug-likeness (QED) is 0.180. The number of hydrogen-bond acceptors (Lipinski definition) is 7. The van der Waals surface area contributed by atoms with Crippen molar-refractivity contribution in [1.82, 2.24) is 9.97 Å². The van der Waals surface area contributed by atoms with Gasteiger partial charge in [0, 0.05) is 12.1 Å². The number of aliphatic hydroxyl groups excluding tert-OH is 1. The van der Waals surface area contributed by atoms with Crippen molar-refractivity contribution in [2.75, 3.05) is 16.9 Å². The summed E-state index contributed by atoms with van der Waals surface area (Å²) in [6, 6.07) is 14.7. The summed E-state index contributed by atoms with van der Waals surface area (Å²) in [4.78, 5) is 21.1. The number of carbonyl (C=O) groups is 1. The third kappa shape index (κ3) is 6.28. The van der Waals surface area contributed by atoms with E-state index in [1.807, 2.05) is 30.3 Å². The number of hydrazine groups is 1. The fraction of sp³-hybridized carbons (Fsp3) is 0.174. The van der Waals surface area contributed by atoms with Gasteiger partial charge in [-0.3, -0.25) is 4.79 Å². The number of halogens is 1. The summed E-state index contributed by atoms with van der Waals surface area (Å²) >= 11 is 3.31. The van der Waals surface area contributed by atoms with Gasteiger partial charge in [0.15, 0.2) is 6.61 Å². The van der Waals surface area contributed by atoms with Crippen molar-refractivity contribution in [2.24, 2.45) is 5.84 Å². The lowest BCUT2D eigenvalue weighted by Crippen LogP contribution is -2.37. The molecule has 32 heavy (non-hydrogen) atoms. The Morgan fingerprint density at radius 3 is 2.75 bits per heavy atom. The van der Waals surface area contributed by atoms with Crippen LogP contribution in [0.1, 0.15) is 17.5 Å². The highest BCUT2D eigenvalue weighted by Crippen LogP contribution is 2.27. The first-order chi connectivity index (χ1) is 15.5.